The molecule has 7 nitrogen and oxygen atoms in total. The summed E-state index contributed by atoms with van der Waals surface area (Å²) < 4.78 is 42.3. The molecule has 1 atom stereocenters. The van der Waals surface area contributed by atoms with Crippen molar-refractivity contribution in [2.75, 3.05) is 13.2 Å². The van der Waals surface area contributed by atoms with Crippen LogP contribution in [-0.4, -0.2) is 43.4 Å². The van der Waals surface area contributed by atoms with E-state index < -0.39 is 33.7 Å². The van der Waals surface area contributed by atoms with E-state index in [1.54, 1.807) is 0 Å². The molecular weight excluding hydrogens is 431 g/mol. The molecule has 9 heteroatoms. The van der Waals surface area contributed by atoms with Gasteiger partial charge in [0, 0.05) is 0 Å². The molecule has 0 aliphatic carbocycles. The van der Waals surface area contributed by atoms with Crippen LogP contribution in [0.5, 0.6) is 0 Å². The van der Waals surface area contributed by atoms with Crippen LogP contribution in [0, 0.1) is 0 Å². The van der Waals surface area contributed by atoms with E-state index in [0.717, 1.165) is 38.5 Å². The molecule has 1 N–H and O–H groups in total. The Morgan fingerprint density at radius 3 is 1.55 bits per heavy atom. The Bertz CT molecular complexity index is 558. The molecule has 0 aliphatic rings. The first-order valence-electron chi connectivity index (χ1n) is 11.6. The number of hydrogen-bond donors (Lipinski definition) is 1. The number of carbonyl (C=O) groups is 2. The van der Waals surface area contributed by atoms with Gasteiger partial charge < -0.3 is 10.9 Å². The van der Waals surface area contributed by atoms with Gasteiger partial charge in [-0.1, -0.05) is 90.9 Å². The fraction of sp³-hybridized carbons (Fsp3) is 0.909. The predicted molar refractivity (Wildman–Crippen MR) is 119 cm³/mol. The normalized spacial score (nSPS) is 12.1. The Labute approximate surface area is 212 Å². The third-order valence-electron chi connectivity index (χ3n) is 4.98. The topological polar surface area (TPSA) is 107 Å². The van der Waals surface area contributed by atoms with Crippen molar-refractivity contribution in [3.63, 3.8) is 0 Å². The fourth-order valence-electron chi connectivity index (χ4n) is 3.09. The van der Waals surface area contributed by atoms with Crippen molar-refractivity contribution in [1.82, 2.24) is 0 Å². The fourth-order valence-corrected chi connectivity index (χ4v) is 3.75. The second-order valence-corrected chi connectivity index (χ2v) is 9.44. The molecule has 0 radical (unpaired) electrons. The van der Waals surface area contributed by atoms with Crippen LogP contribution in [-0.2, 0) is 29.2 Å². The van der Waals surface area contributed by atoms with Crippen molar-refractivity contribution in [2.24, 2.45) is 0 Å². The van der Waals surface area contributed by atoms with Crippen LogP contribution in [0.1, 0.15) is 112 Å². The molecule has 0 fully saturated rings. The maximum Gasteiger partial charge on any atom is 1.00 e. The summed E-state index contributed by atoms with van der Waals surface area (Å²) in [6.07, 6.45) is 14.0. The molecule has 0 aromatic carbocycles. The summed E-state index contributed by atoms with van der Waals surface area (Å²) in [7, 11) is -4.74. The van der Waals surface area contributed by atoms with Crippen molar-refractivity contribution >= 4 is 22.1 Å². The average Bonchev–Trinajstić information content (AvgIpc) is 2.69. The average molecular weight is 475 g/mol. The Kier molecular flexibility index (Phi) is 23.1. The molecule has 0 heterocycles. The molecule has 0 amide bonds. The quantitative estimate of drug-likeness (QED) is 0.125. The SMILES string of the molecule is CCCCCCCCCOC(=O)CC(C(=O)OCCCCCCCCC)S(=O)(=O)O.[H-].[Na+]. The number of carbonyl (C=O) groups excluding carboxylic acids is 2. The molecule has 0 saturated carbocycles. The second-order valence-electron chi connectivity index (χ2n) is 7.84. The summed E-state index contributed by atoms with van der Waals surface area (Å²) in [4.78, 5) is 23.9. The minimum absolute atomic E-state index is 0. The summed E-state index contributed by atoms with van der Waals surface area (Å²) in [5, 5.41) is -1.93. The van der Waals surface area contributed by atoms with Gasteiger partial charge in [0.15, 0.2) is 5.25 Å². The monoisotopic (exact) mass is 474 g/mol. The number of hydrogen-bond acceptors (Lipinski definition) is 6. The standard InChI is InChI=1S/C22H42O7S.Na.H/c1-3-5-7-9-11-13-15-17-28-21(23)19-20(30(25,26)27)22(24)29-18-16-14-12-10-8-6-4-2;;/h20H,3-19H2,1-2H3,(H,25,26,27);;/q;+1;-1. The van der Waals surface area contributed by atoms with E-state index in [-0.39, 0.29) is 44.2 Å². The zero-order valence-corrected chi connectivity index (χ0v) is 22.7. The van der Waals surface area contributed by atoms with Gasteiger partial charge in [-0.25, -0.2) is 0 Å². The maximum atomic E-state index is 12.0. The van der Waals surface area contributed by atoms with Crippen LogP contribution >= 0.6 is 0 Å². The predicted octanol–water partition coefficient (Wildman–Crippen LogP) is 2.34. The van der Waals surface area contributed by atoms with E-state index in [1.165, 1.54) is 38.5 Å². The zero-order valence-electron chi connectivity index (χ0n) is 20.9. The molecule has 0 rings (SSSR count). The van der Waals surface area contributed by atoms with Crippen LogP contribution in [0.15, 0.2) is 0 Å². The molecule has 0 aromatic rings. The summed E-state index contributed by atoms with van der Waals surface area (Å²) >= 11 is 0. The molecule has 31 heavy (non-hydrogen) atoms. The minimum Gasteiger partial charge on any atom is -1.00 e. The van der Waals surface area contributed by atoms with Gasteiger partial charge in [0.25, 0.3) is 10.1 Å². The Balaban J connectivity index is -0.00000420. The van der Waals surface area contributed by atoms with E-state index in [4.69, 9.17) is 9.47 Å². The van der Waals surface area contributed by atoms with Crippen LogP contribution in [0.25, 0.3) is 0 Å². The van der Waals surface area contributed by atoms with Gasteiger partial charge in [-0.2, -0.15) is 8.42 Å². The molecular formula is C22H43NaO7S. The molecule has 0 spiro atoms. The molecule has 0 bridgehead atoms. The van der Waals surface area contributed by atoms with Gasteiger partial charge in [-0.3, -0.25) is 14.1 Å². The molecule has 180 valence electrons. The van der Waals surface area contributed by atoms with Crippen molar-refractivity contribution < 1.29 is 63.0 Å². The van der Waals surface area contributed by atoms with Crippen LogP contribution < -0.4 is 29.6 Å². The van der Waals surface area contributed by atoms with Gasteiger partial charge in [-0.05, 0) is 12.8 Å². The summed E-state index contributed by atoms with van der Waals surface area (Å²) in [5.41, 5.74) is 0. The Morgan fingerprint density at radius 1 is 0.742 bits per heavy atom. The number of ether oxygens (including phenoxy) is 2. The van der Waals surface area contributed by atoms with Crippen molar-refractivity contribution in [1.29, 1.82) is 0 Å². The summed E-state index contributed by atoms with van der Waals surface area (Å²) in [6.45, 7) is 4.56. The van der Waals surface area contributed by atoms with Gasteiger partial charge in [-0.15, -0.1) is 0 Å². The number of rotatable bonds is 20. The Hall–Kier alpha value is -0.150. The summed E-state index contributed by atoms with van der Waals surface area (Å²) in [6, 6.07) is 0. The van der Waals surface area contributed by atoms with Gasteiger partial charge >= 0.3 is 41.5 Å². The van der Waals surface area contributed by atoms with Crippen LogP contribution in [0.3, 0.4) is 0 Å². The van der Waals surface area contributed by atoms with Crippen molar-refractivity contribution in [3.05, 3.63) is 0 Å². The molecule has 1 unspecified atom stereocenters. The largest absolute Gasteiger partial charge is 1.00 e. The number of esters is 2. The van der Waals surface area contributed by atoms with Crippen molar-refractivity contribution in [2.45, 2.75) is 115 Å². The first-order chi connectivity index (χ1) is 14.3. The second kappa shape index (κ2) is 21.7. The van der Waals surface area contributed by atoms with E-state index in [2.05, 4.69) is 13.8 Å². The van der Waals surface area contributed by atoms with Crippen LogP contribution in [0.2, 0.25) is 0 Å². The van der Waals surface area contributed by atoms with Gasteiger partial charge in [0.1, 0.15) is 0 Å². The molecule has 0 aromatic heterocycles. The van der Waals surface area contributed by atoms with Gasteiger partial charge in [0.2, 0.25) is 0 Å². The van der Waals surface area contributed by atoms with Crippen LogP contribution in [0.4, 0.5) is 0 Å². The first-order valence-corrected chi connectivity index (χ1v) is 13.1. The summed E-state index contributed by atoms with van der Waals surface area (Å²) in [5.74, 6) is -1.92. The van der Waals surface area contributed by atoms with E-state index in [0.29, 0.717) is 12.8 Å². The molecule has 0 saturated heterocycles. The number of unbranched alkanes of at least 4 members (excludes halogenated alkanes) is 12. The van der Waals surface area contributed by atoms with E-state index in [1.807, 2.05) is 0 Å². The smallest absolute Gasteiger partial charge is 1.00 e. The maximum absolute atomic E-state index is 12.0. The van der Waals surface area contributed by atoms with Crippen molar-refractivity contribution in [3.8, 4) is 0 Å². The Morgan fingerprint density at radius 2 is 1.13 bits per heavy atom. The zero-order chi connectivity index (χ0) is 22.7. The van der Waals surface area contributed by atoms with E-state index >= 15 is 0 Å². The molecule has 0 aliphatic heterocycles. The van der Waals surface area contributed by atoms with Gasteiger partial charge in [0.05, 0.1) is 19.6 Å². The minimum atomic E-state index is -4.74. The first kappa shape index (κ1) is 33.0. The van der Waals surface area contributed by atoms with E-state index in [9.17, 15) is 22.6 Å². The third-order valence-corrected chi connectivity index (χ3v) is 6.06. The third kappa shape index (κ3) is 20.2.